The normalized spacial score (nSPS) is 10.6. The number of hydrogen-bond acceptors (Lipinski definition) is 5. The number of thiocarbonyl (C=S) groups is 1. The summed E-state index contributed by atoms with van der Waals surface area (Å²) in [6.45, 7) is 1.97. The third-order valence-corrected chi connectivity index (χ3v) is 4.71. The number of ether oxygens (including phenoxy) is 1. The lowest BCUT2D eigenvalue weighted by molar-refractivity contribution is 0.0977. The van der Waals surface area contributed by atoms with Gasteiger partial charge in [0.2, 0.25) is 5.89 Å². The summed E-state index contributed by atoms with van der Waals surface area (Å²) in [5, 5.41) is 5.90. The number of aromatic nitrogens is 1. The maximum absolute atomic E-state index is 12.3. The summed E-state index contributed by atoms with van der Waals surface area (Å²) in [6, 6.07) is 20.2. The first kappa shape index (κ1) is 19.6. The van der Waals surface area contributed by atoms with E-state index in [4.69, 9.17) is 21.4 Å². The van der Waals surface area contributed by atoms with Gasteiger partial charge in [-0.2, -0.15) is 0 Å². The van der Waals surface area contributed by atoms with Crippen LogP contribution in [-0.2, 0) is 0 Å². The number of carbonyl (C=O) groups is 1. The van der Waals surface area contributed by atoms with Gasteiger partial charge in [-0.15, -0.1) is 0 Å². The molecule has 4 rings (SSSR count). The third kappa shape index (κ3) is 4.31. The Bertz CT molecular complexity index is 1230. The van der Waals surface area contributed by atoms with Crippen molar-refractivity contribution >= 4 is 40.0 Å². The standard InChI is InChI=1S/C23H19N3O3S/c1-14-6-8-15(9-7-14)21(27)26-23(30)24-17-10-11-20-19(13-17)25-22(29-20)16-4-3-5-18(12-16)28-2/h3-13H,1-2H3,(H2,24,26,27,30). The molecule has 0 atom stereocenters. The lowest BCUT2D eigenvalue weighted by Gasteiger charge is -2.09. The van der Waals surface area contributed by atoms with E-state index in [2.05, 4.69) is 15.6 Å². The summed E-state index contributed by atoms with van der Waals surface area (Å²) in [5.41, 5.74) is 4.46. The Morgan fingerprint density at radius 2 is 1.87 bits per heavy atom. The first-order chi connectivity index (χ1) is 14.5. The Kier molecular flexibility index (Phi) is 5.45. The fourth-order valence-corrected chi connectivity index (χ4v) is 3.14. The molecule has 0 saturated heterocycles. The molecule has 0 aliphatic rings. The molecule has 0 radical (unpaired) electrons. The van der Waals surface area contributed by atoms with E-state index < -0.39 is 0 Å². The number of nitrogens with zero attached hydrogens (tertiary/aromatic N) is 1. The lowest BCUT2D eigenvalue weighted by atomic mass is 10.1. The molecule has 6 nitrogen and oxygen atoms in total. The minimum atomic E-state index is -0.268. The number of aryl methyl sites for hydroxylation is 1. The predicted octanol–water partition coefficient (Wildman–Crippen LogP) is 4.94. The number of hydrogen-bond donors (Lipinski definition) is 2. The van der Waals surface area contributed by atoms with Gasteiger partial charge >= 0.3 is 0 Å². The van der Waals surface area contributed by atoms with E-state index in [9.17, 15) is 4.79 Å². The fourth-order valence-electron chi connectivity index (χ4n) is 2.93. The zero-order chi connectivity index (χ0) is 21.1. The van der Waals surface area contributed by atoms with Gasteiger partial charge in [-0.3, -0.25) is 10.1 Å². The van der Waals surface area contributed by atoms with E-state index in [-0.39, 0.29) is 11.0 Å². The number of fused-ring (bicyclic) bond motifs is 1. The molecule has 0 fully saturated rings. The number of oxazole rings is 1. The molecule has 4 aromatic rings. The number of carbonyl (C=O) groups excluding carboxylic acids is 1. The van der Waals surface area contributed by atoms with Crippen LogP contribution in [0.2, 0.25) is 0 Å². The van der Waals surface area contributed by atoms with E-state index in [0.717, 1.165) is 16.9 Å². The maximum Gasteiger partial charge on any atom is 0.257 e. The zero-order valence-corrected chi connectivity index (χ0v) is 17.2. The molecule has 0 saturated carbocycles. The van der Waals surface area contributed by atoms with Gasteiger partial charge in [0, 0.05) is 16.8 Å². The molecule has 2 N–H and O–H groups in total. The Labute approximate surface area is 178 Å². The van der Waals surface area contributed by atoms with Crippen LogP contribution in [-0.4, -0.2) is 23.1 Å². The van der Waals surface area contributed by atoms with E-state index in [1.807, 2.05) is 55.5 Å². The molecule has 1 aromatic heterocycles. The van der Waals surface area contributed by atoms with Crippen LogP contribution in [0.1, 0.15) is 15.9 Å². The van der Waals surface area contributed by atoms with Gasteiger partial charge in [-0.05, 0) is 67.7 Å². The number of rotatable bonds is 4. The number of anilines is 1. The van der Waals surface area contributed by atoms with Crippen molar-refractivity contribution in [3.63, 3.8) is 0 Å². The van der Waals surface area contributed by atoms with Gasteiger partial charge in [0.25, 0.3) is 5.91 Å². The topological polar surface area (TPSA) is 76.4 Å². The SMILES string of the molecule is COc1cccc(-c2nc3cc(NC(=S)NC(=O)c4ccc(C)cc4)ccc3o2)c1. The highest BCUT2D eigenvalue weighted by Gasteiger charge is 2.11. The summed E-state index contributed by atoms with van der Waals surface area (Å²) in [5.74, 6) is 0.957. The lowest BCUT2D eigenvalue weighted by Crippen LogP contribution is -2.34. The zero-order valence-electron chi connectivity index (χ0n) is 16.4. The van der Waals surface area contributed by atoms with Crippen LogP contribution < -0.4 is 15.4 Å². The molecule has 0 unspecified atom stereocenters. The van der Waals surface area contributed by atoms with Crippen molar-refractivity contribution in [1.29, 1.82) is 0 Å². The smallest absolute Gasteiger partial charge is 0.257 e. The van der Waals surface area contributed by atoms with E-state index in [1.54, 1.807) is 25.3 Å². The van der Waals surface area contributed by atoms with Gasteiger partial charge in [0.15, 0.2) is 10.7 Å². The molecule has 1 amide bonds. The number of amides is 1. The molecule has 150 valence electrons. The number of benzene rings is 3. The van der Waals surface area contributed by atoms with Crippen LogP contribution >= 0.6 is 12.2 Å². The quantitative estimate of drug-likeness (QED) is 0.458. The fraction of sp³-hybridized carbons (Fsp3) is 0.0870. The van der Waals surface area contributed by atoms with Crippen molar-refractivity contribution in [1.82, 2.24) is 10.3 Å². The largest absolute Gasteiger partial charge is 0.497 e. The molecule has 0 bridgehead atoms. The molecule has 0 aliphatic heterocycles. The van der Waals surface area contributed by atoms with Crippen LogP contribution in [0.5, 0.6) is 5.75 Å². The van der Waals surface area contributed by atoms with Gasteiger partial charge in [-0.25, -0.2) is 4.98 Å². The van der Waals surface area contributed by atoms with Gasteiger partial charge < -0.3 is 14.5 Å². The predicted molar refractivity (Wildman–Crippen MR) is 121 cm³/mol. The molecular weight excluding hydrogens is 398 g/mol. The average molecular weight is 417 g/mol. The van der Waals surface area contributed by atoms with Crippen LogP contribution in [0.4, 0.5) is 5.69 Å². The number of methoxy groups -OCH3 is 1. The second kappa shape index (κ2) is 8.34. The van der Waals surface area contributed by atoms with Crippen molar-refractivity contribution in [2.45, 2.75) is 6.92 Å². The van der Waals surface area contributed by atoms with E-state index in [0.29, 0.717) is 28.2 Å². The van der Waals surface area contributed by atoms with Crippen molar-refractivity contribution in [2.75, 3.05) is 12.4 Å². The van der Waals surface area contributed by atoms with Crippen molar-refractivity contribution < 1.29 is 13.9 Å². The van der Waals surface area contributed by atoms with E-state index >= 15 is 0 Å². The van der Waals surface area contributed by atoms with Crippen LogP contribution in [0.3, 0.4) is 0 Å². The first-order valence-corrected chi connectivity index (χ1v) is 9.67. The monoisotopic (exact) mass is 417 g/mol. The van der Waals surface area contributed by atoms with Crippen molar-refractivity contribution in [2.24, 2.45) is 0 Å². The summed E-state index contributed by atoms with van der Waals surface area (Å²) in [4.78, 5) is 16.9. The second-order valence-corrected chi connectivity index (χ2v) is 7.12. The molecule has 1 heterocycles. The van der Waals surface area contributed by atoms with Gasteiger partial charge in [0.05, 0.1) is 7.11 Å². The van der Waals surface area contributed by atoms with Crippen LogP contribution in [0.25, 0.3) is 22.6 Å². The molecule has 30 heavy (non-hydrogen) atoms. The van der Waals surface area contributed by atoms with Crippen LogP contribution in [0.15, 0.2) is 71.1 Å². The molecule has 3 aromatic carbocycles. The maximum atomic E-state index is 12.3. The van der Waals surface area contributed by atoms with Crippen LogP contribution in [0, 0.1) is 6.92 Å². The minimum absolute atomic E-state index is 0.205. The molecule has 0 aliphatic carbocycles. The van der Waals surface area contributed by atoms with Crippen molar-refractivity contribution in [3.8, 4) is 17.2 Å². The Morgan fingerprint density at radius 3 is 2.63 bits per heavy atom. The average Bonchev–Trinajstić information content (AvgIpc) is 3.17. The highest BCUT2D eigenvalue weighted by Crippen LogP contribution is 2.28. The Hall–Kier alpha value is -3.71. The molecule has 7 heteroatoms. The molecule has 0 spiro atoms. The van der Waals surface area contributed by atoms with Crippen molar-refractivity contribution in [3.05, 3.63) is 77.9 Å². The first-order valence-electron chi connectivity index (χ1n) is 9.26. The summed E-state index contributed by atoms with van der Waals surface area (Å²) in [6.07, 6.45) is 0. The summed E-state index contributed by atoms with van der Waals surface area (Å²) in [7, 11) is 1.61. The van der Waals surface area contributed by atoms with Gasteiger partial charge in [-0.1, -0.05) is 23.8 Å². The summed E-state index contributed by atoms with van der Waals surface area (Å²) < 4.78 is 11.1. The Morgan fingerprint density at radius 1 is 1.07 bits per heavy atom. The Balaban J connectivity index is 1.48. The minimum Gasteiger partial charge on any atom is -0.497 e. The highest BCUT2D eigenvalue weighted by molar-refractivity contribution is 7.80. The number of nitrogens with one attached hydrogen (secondary N) is 2. The highest BCUT2D eigenvalue weighted by atomic mass is 32.1. The van der Waals surface area contributed by atoms with Gasteiger partial charge in [0.1, 0.15) is 11.3 Å². The molecular formula is C23H19N3O3S. The third-order valence-electron chi connectivity index (χ3n) is 4.50. The van der Waals surface area contributed by atoms with E-state index in [1.165, 1.54) is 0 Å². The second-order valence-electron chi connectivity index (χ2n) is 6.71. The summed E-state index contributed by atoms with van der Waals surface area (Å²) >= 11 is 5.27.